The molecule has 2 aromatic rings. The molecule has 0 saturated carbocycles. The summed E-state index contributed by atoms with van der Waals surface area (Å²) < 4.78 is 43.0. The van der Waals surface area contributed by atoms with Crippen molar-refractivity contribution in [2.75, 3.05) is 0 Å². The van der Waals surface area contributed by atoms with E-state index in [1.807, 2.05) is 0 Å². The number of nitrogens with two attached hydrogens (primary N) is 1. The van der Waals surface area contributed by atoms with Gasteiger partial charge in [-0.2, -0.15) is 18.3 Å². The summed E-state index contributed by atoms with van der Waals surface area (Å²) in [6, 6.07) is 7.25. The summed E-state index contributed by atoms with van der Waals surface area (Å²) in [7, 11) is 0. The van der Waals surface area contributed by atoms with Crippen molar-refractivity contribution in [1.29, 1.82) is 0 Å². The second-order valence-electron chi connectivity index (χ2n) is 4.41. The maximum Gasteiger partial charge on any atom is 0.417 e. The molecule has 0 aliphatic rings. The Labute approximate surface area is 145 Å². The number of rotatable bonds is 4. The van der Waals surface area contributed by atoms with Gasteiger partial charge < -0.3 is 10.5 Å². The molecule has 1 aromatic heterocycles. The Balaban J connectivity index is 2.09. The molecule has 0 bridgehead atoms. The van der Waals surface area contributed by atoms with E-state index in [1.165, 1.54) is 6.21 Å². The van der Waals surface area contributed by atoms with Crippen molar-refractivity contribution in [3.8, 4) is 11.6 Å². The fourth-order valence-corrected chi connectivity index (χ4v) is 1.82. The highest BCUT2D eigenvalue weighted by molar-refractivity contribution is 7.80. The summed E-state index contributed by atoms with van der Waals surface area (Å²) in [5, 5.41) is 3.58. The van der Waals surface area contributed by atoms with Gasteiger partial charge in [-0.3, -0.25) is 5.43 Å². The Morgan fingerprint density at radius 3 is 2.54 bits per heavy atom. The van der Waals surface area contributed by atoms with Crippen molar-refractivity contribution in [3.63, 3.8) is 0 Å². The first-order valence-corrected chi connectivity index (χ1v) is 7.13. The number of ether oxygens (including phenoxy) is 1. The Morgan fingerprint density at radius 2 is 2.00 bits per heavy atom. The van der Waals surface area contributed by atoms with E-state index >= 15 is 0 Å². The van der Waals surface area contributed by atoms with Crippen LogP contribution >= 0.6 is 23.8 Å². The summed E-state index contributed by atoms with van der Waals surface area (Å²) in [6.45, 7) is 0. The third kappa shape index (κ3) is 5.07. The number of hydrogen-bond acceptors (Lipinski definition) is 4. The van der Waals surface area contributed by atoms with Gasteiger partial charge in [0.15, 0.2) is 5.11 Å². The van der Waals surface area contributed by atoms with Crippen LogP contribution < -0.4 is 15.9 Å². The molecule has 1 heterocycles. The smallest absolute Gasteiger partial charge is 0.417 e. The first kappa shape index (κ1) is 18.0. The van der Waals surface area contributed by atoms with Crippen LogP contribution in [0, 0.1) is 0 Å². The lowest BCUT2D eigenvalue weighted by atomic mass is 10.2. The topological polar surface area (TPSA) is 72.5 Å². The van der Waals surface area contributed by atoms with Crippen molar-refractivity contribution < 1.29 is 17.9 Å². The Bertz CT molecular complexity index is 766. The van der Waals surface area contributed by atoms with Gasteiger partial charge in [0.25, 0.3) is 0 Å². The first-order chi connectivity index (χ1) is 11.3. The number of halogens is 4. The molecule has 0 radical (unpaired) electrons. The molecule has 0 fully saturated rings. The van der Waals surface area contributed by atoms with E-state index in [0.717, 1.165) is 11.6 Å². The fraction of sp³-hybridized carbons (Fsp3) is 0.0714. The van der Waals surface area contributed by atoms with E-state index in [1.54, 1.807) is 24.3 Å². The van der Waals surface area contributed by atoms with Gasteiger partial charge in [-0.1, -0.05) is 11.6 Å². The lowest BCUT2D eigenvalue weighted by Crippen LogP contribution is -2.23. The second kappa shape index (κ2) is 7.45. The summed E-state index contributed by atoms with van der Waals surface area (Å²) in [4.78, 5) is 3.59. The zero-order valence-corrected chi connectivity index (χ0v) is 13.4. The molecule has 0 atom stereocenters. The number of hydrazone groups is 1. The number of pyridine rings is 1. The van der Waals surface area contributed by atoms with Gasteiger partial charge in [0, 0.05) is 6.20 Å². The van der Waals surface area contributed by atoms with Crippen LogP contribution in [0.3, 0.4) is 0 Å². The quantitative estimate of drug-likeness (QED) is 0.485. The van der Waals surface area contributed by atoms with E-state index in [2.05, 4.69) is 27.7 Å². The fourth-order valence-electron chi connectivity index (χ4n) is 1.56. The van der Waals surface area contributed by atoms with Gasteiger partial charge in [0.2, 0.25) is 5.88 Å². The van der Waals surface area contributed by atoms with E-state index in [-0.39, 0.29) is 16.0 Å². The summed E-state index contributed by atoms with van der Waals surface area (Å²) in [5.74, 6) is 0.227. The molecule has 1 aromatic carbocycles. The van der Waals surface area contributed by atoms with Gasteiger partial charge >= 0.3 is 6.18 Å². The molecule has 0 saturated heterocycles. The number of thiocarbonyl (C=S) groups is 1. The van der Waals surface area contributed by atoms with Crippen molar-refractivity contribution in [3.05, 3.63) is 52.7 Å². The SMILES string of the molecule is NC(=S)N/N=C\c1ccc(Oc2ncc(C(F)(F)F)cc2Cl)cc1. The third-order valence-electron chi connectivity index (χ3n) is 2.62. The van der Waals surface area contributed by atoms with Crippen LogP contribution in [0.15, 0.2) is 41.6 Å². The Kier molecular flexibility index (Phi) is 5.58. The molecular weight excluding hydrogens is 365 g/mol. The van der Waals surface area contributed by atoms with Gasteiger partial charge in [0.05, 0.1) is 11.8 Å². The normalized spacial score (nSPS) is 11.5. The number of hydrogen-bond donors (Lipinski definition) is 2. The number of nitrogens with one attached hydrogen (secondary N) is 1. The van der Waals surface area contributed by atoms with Gasteiger partial charge in [-0.05, 0) is 48.1 Å². The van der Waals surface area contributed by atoms with Crippen LogP contribution in [0.2, 0.25) is 5.02 Å². The molecule has 24 heavy (non-hydrogen) atoms. The molecule has 2 rings (SSSR count). The average molecular weight is 375 g/mol. The lowest BCUT2D eigenvalue weighted by molar-refractivity contribution is -0.137. The van der Waals surface area contributed by atoms with E-state index in [4.69, 9.17) is 22.1 Å². The summed E-state index contributed by atoms with van der Waals surface area (Å²) in [5.41, 5.74) is 7.39. The molecule has 0 aliphatic carbocycles. The van der Waals surface area contributed by atoms with Gasteiger partial charge in [-0.15, -0.1) is 0 Å². The predicted octanol–water partition coefficient (Wildman–Crippen LogP) is 3.71. The minimum absolute atomic E-state index is 0.0363. The first-order valence-electron chi connectivity index (χ1n) is 6.35. The lowest BCUT2D eigenvalue weighted by Gasteiger charge is -2.10. The summed E-state index contributed by atoms with van der Waals surface area (Å²) in [6.07, 6.45) is -2.38. The number of nitrogens with zero attached hydrogens (tertiary/aromatic N) is 2. The highest BCUT2D eigenvalue weighted by atomic mass is 35.5. The van der Waals surface area contributed by atoms with Crippen LogP contribution in [0.5, 0.6) is 11.6 Å². The molecule has 126 valence electrons. The minimum atomic E-state index is -4.52. The number of benzene rings is 1. The molecule has 10 heteroatoms. The molecule has 3 N–H and O–H groups in total. The maximum atomic E-state index is 12.5. The van der Waals surface area contributed by atoms with Crippen LogP contribution in [-0.4, -0.2) is 16.3 Å². The second-order valence-corrected chi connectivity index (χ2v) is 5.26. The third-order valence-corrected chi connectivity index (χ3v) is 2.98. The molecule has 5 nitrogen and oxygen atoms in total. The van der Waals surface area contributed by atoms with Crippen molar-refractivity contribution in [2.24, 2.45) is 10.8 Å². The van der Waals surface area contributed by atoms with E-state index in [0.29, 0.717) is 11.9 Å². The highest BCUT2D eigenvalue weighted by Gasteiger charge is 2.31. The standard InChI is InChI=1S/C14H10ClF3N4OS/c15-11-5-9(14(16,17)18)7-20-12(11)23-10-3-1-8(2-4-10)6-21-22-13(19)24/h1-7H,(H3,19,22,24)/b21-6-. The van der Waals surface area contributed by atoms with Gasteiger partial charge in [-0.25, -0.2) is 4.98 Å². The number of alkyl halides is 3. The zero-order chi connectivity index (χ0) is 17.7. The summed E-state index contributed by atoms with van der Waals surface area (Å²) >= 11 is 10.4. The zero-order valence-electron chi connectivity index (χ0n) is 11.8. The van der Waals surface area contributed by atoms with Crippen LogP contribution in [-0.2, 0) is 6.18 Å². The van der Waals surface area contributed by atoms with Crippen LogP contribution in [0.4, 0.5) is 13.2 Å². The largest absolute Gasteiger partial charge is 0.438 e. The molecule has 0 amide bonds. The molecule has 0 spiro atoms. The molecular formula is C14H10ClF3N4OS. The minimum Gasteiger partial charge on any atom is -0.438 e. The average Bonchev–Trinajstić information content (AvgIpc) is 2.49. The van der Waals surface area contributed by atoms with E-state index in [9.17, 15) is 13.2 Å². The van der Waals surface area contributed by atoms with Crippen molar-refractivity contribution in [1.82, 2.24) is 10.4 Å². The van der Waals surface area contributed by atoms with Crippen LogP contribution in [0.25, 0.3) is 0 Å². The Hall–Kier alpha value is -2.39. The van der Waals surface area contributed by atoms with E-state index < -0.39 is 11.7 Å². The molecule has 0 unspecified atom stereocenters. The molecule has 0 aliphatic heterocycles. The van der Waals surface area contributed by atoms with Crippen LogP contribution in [0.1, 0.15) is 11.1 Å². The highest BCUT2D eigenvalue weighted by Crippen LogP contribution is 2.34. The maximum absolute atomic E-state index is 12.5. The van der Waals surface area contributed by atoms with Gasteiger partial charge in [0.1, 0.15) is 10.8 Å². The van der Waals surface area contributed by atoms with Crippen molar-refractivity contribution >= 4 is 35.1 Å². The number of aromatic nitrogens is 1. The predicted molar refractivity (Wildman–Crippen MR) is 88.3 cm³/mol. The Morgan fingerprint density at radius 1 is 1.33 bits per heavy atom. The van der Waals surface area contributed by atoms with Crippen molar-refractivity contribution in [2.45, 2.75) is 6.18 Å². The monoisotopic (exact) mass is 374 g/mol.